The van der Waals surface area contributed by atoms with Crippen LogP contribution in [0.15, 0.2) is 24.8 Å². The van der Waals surface area contributed by atoms with E-state index in [1.165, 1.54) is 5.56 Å². The van der Waals surface area contributed by atoms with Gasteiger partial charge >= 0.3 is 0 Å². The Hall–Kier alpha value is -1.24. The third kappa shape index (κ3) is 1.92. The second kappa shape index (κ2) is 3.25. The maximum absolute atomic E-state index is 5.86. The zero-order valence-corrected chi connectivity index (χ0v) is 8.59. The molecule has 1 nitrogen and oxygen atoms in total. The first-order chi connectivity index (χ1) is 5.96. The number of hydrogen-bond acceptors (Lipinski definition) is 1. The molecule has 0 aliphatic rings. The lowest BCUT2D eigenvalue weighted by Crippen LogP contribution is -2.13. The molecule has 0 saturated carbocycles. The Bertz CT molecular complexity index is 318. The molecule has 0 aliphatic heterocycles. The highest BCUT2D eigenvalue weighted by Gasteiger charge is 2.17. The van der Waals surface area contributed by atoms with Gasteiger partial charge in [-0.05, 0) is 17.0 Å². The van der Waals surface area contributed by atoms with Gasteiger partial charge in [-0.25, -0.2) is 0 Å². The highest BCUT2D eigenvalue weighted by Crippen LogP contribution is 2.29. The Balaban J connectivity index is 3.37. The molecule has 1 aromatic rings. The molecule has 0 atom stereocenters. The Kier molecular flexibility index (Phi) is 2.46. The van der Waals surface area contributed by atoms with Crippen molar-refractivity contribution in [3.8, 4) is 0 Å². The van der Waals surface area contributed by atoms with E-state index in [-0.39, 0.29) is 5.41 Å². The number of nitrogens with two attached hydrogens (primary N) is 1. The number of anilines is 1. The SMILES string of the molecule is C=Cc1c(N)cccc1C(C)(C)C. The van der Waals surface area contributed by atoms with E-state index in [2.05, 4.69) is 33.4 Å². The average molecular weight is 175 g/mol. The van der Waals surface area contributed by atoms with Crippen LogP contribution >= 0.6 is 0 Å². The Morgan fingerprint density at radius 1 is 1.31 bits per heavy atom. The molecule has 13 heavy (non-hydrogen) atoms. The van der Waals surface area contributed by atoms with Gasteiger partial charge in [0.15, 0.2) is 0 Å². The van der Waals surface area contributed by atoms with Gasteiger partial charge in [-0.3, -0.25) is 0 Å². The minimum atomic E-state index is 0.124. The lowest BCUT2D eigenvalue weighted by atomic mass is 9.83. The number of benzene rings is 1. The van der Waals surface area contributed by atoms with Crippen LogP contribution in [0.5, 0.6) is 0 Å². The molecule has 0 fully saturated rings. The summed E-state index contributed by atoms with van der Waals surface area (Å²) in [5.41, 5.74) is 9.11. The zero-order chi connectivity index (χ0) is 10.1. The van der Waals surface area contributed by atoms with Crippen LogP contribution in [0.3, 0.4) is 0 Å². The van der Waals surface area contributed by atoms with Crippen molar-refractivity contribution in [2.75, 3.05) is 5.73 Å². The standard InChI is InChI=1S/C12H17N/c1-5-9-10(12(2,3)4)7-6-8-11(9)13/h5-8H,1,13H2,2-4H3. The Morgan fingerprint density at radius 2 is 1.92 bits per heavy atom. The topological polar surface area (TPSA) is 26.0 Å². The first-order valence-electron chi connectivity index (χ1n) is 4.48. The summed E-state index contributed by atoms with van der Waals surface area (Å²) >= 11 is 0. The lowest BCUT2D eigenvalue weighted by molar-refractivity contribution is 0.589. The fourth-order valence-corrected chi connectivity index (χ4v) is 1.46. The maximum atomic E-state index is 5.86. The van der Waals surface area contributed by atoms with Crippen molar-refractivity contribution in [3.63, 3.8) is 0 Å². The molecule has 0 saturated heterocycles. The average Bonchev–Trinajstić information content (AvgIpc) is 2.02. The molecule has 1 heteroatoms. The molecule has 0 amide bonds. The molecule has 0 bridgehead atoms. The van der Waals surface area contributed by atoms with Crippen molar-refractivity contribution < 1.29 is 0 Å². The van der Waals surface area contributed by atoms with Gasteiger partial charge in [-0.1, -0.05) is 45.6 Å². The van der Waals surface area contributed by atoms with Crippen molar-refractivity contribution in [1.29, 1.82) is 0 Å². The molecular weight excluding hydrogens is 158 g/mol. The number of hydrogen-bond donors (Lipinski definition) is 1. The van der Waals surface area contributed by atoms with Crippen molar-refractivity contribution >= 4 is 11.8 Å². The summed E-state index contributed by atoms with van der Waals surface area (Å²) in [6.45, 7) is 10.3. The van der Waals surface area contributed by atoms with Crippen LogP contribution in [0.2, 0.25) is 0 Å². The quantitative estimate of drug-likeness (QED) is 0.652. The lowest BCUT2D eigenvalue weighted by Gasteiger charge is -2.22. The second-order valence-corrected chi connectivity index (χ2v) is 4.26. The van der Waals surface area contributed by atoms with Crippen molar-refractivity contribution in [2.45, 2.75) is 26.2 Å². The molecule has 0 radical (unpaired) electrons. The molecule has 0 unspecified atom stereocenters. The van der Waals surface area contributed by atoms with Gasteiger partial charge in [-0.15, -0.1) is 0 Å². The predicted molar refractivity (Wildman–Crippen MR) is 59.6 cm³/mol. The molecule has 0 heterocycles. The zero-order valence-electron chi connectivity index (χ0n) is 8.59. The molecule has 0 spiro atoms. The number of rotatable bonds is 1. The van der Waals surface area contributed by atoms with Crippen LogP contribution in [0, 0.1) is 0 Å². The van der Waals surface area contributed by atoms with E-state index in [1.807, 2.05) is 18.2 Å². The first-order valence-corrected chi connectivity index (χ1v) is 4.48. The van der Waals surface area contributed by atoms with E-state index in [0.29, 0.717) is 0 Å². The van der Waals surface area contributed by atoms with Gasteiger partial charge in [-0.2, -0.15) is 0 Å². The summed E-state index contributed by atoms with van der Waals surface area (Å²) in [7, 11) is 0. The molecule has 1 aromatic carbocycles. The van der Waals surface area contributed by atoms with Crippen molar-refractivity contribution in [2.24, 2.45) is 0 Å². The van der Waals surface area contributed by atoms with Crippen LogP contribution < -0.4 is 5.73 Å². The Labute approximate surface area is 80.3 Å². The fraction of sp³-hybridized carbons (Fsp3) is 0.333. The van der Waals surface area contributed by atoms with Crippen LogP contribution in [-0.2, 0) is 5.41 Å². The summed E-state index contributed by atoms with van der Waals surface area (Å²) < 4.78 is 0. The van der Waals surface area contributed by atoms with Gasteiger partial charge < -0.3 is 5.73 Å². The van der Waals surface area contributed by atoms with Crippen LogP contribution in [0.1, 0.15) is 31.9 Å². The largest absolute Gasteiger partial charge is 0.398 e. The molecule has 1 rings (SSSR count). The maximum Gasteiger partial charge on any atom is 0.0390 e. The Morgan fingerprint density at radius 3 is 2.31 bits per heavy atom. The normalized spacial score (nSPS) is 11.3. The highest BCUT2D eigenvalue weighted by molar-refractivity contribution is 5.67. The van der Waals surface area contributed by atoms with Crippen molar-refractivity contribution in [1.82, 2.24) is 0 Å². The molecule has 70 valence electrons. The van der Waals surface area contributed by atoms with Gasteiger partial charge in [0.05, 0.1) is 0 Å². The first kappa shape index (κ1) is 9.85. The minimum Gasteiger partial charge on any atom is -0.398 e. The summed E-state index contributed by atoms with van der Waals surface area (Å²) in [5, 5.41) is 0. The predicted octanol–water partition coefficient (Wildman–Crippen LogP) is 3.21. The molecule has 0 aliphatic carbocycles. The second-order valence-electron chi connectivity index (χ2n) is 4.26. The molecular formula is C12H17N. The smallest absolute Gasteiger partial charge is 0.0390 e. The fourth-order valence-electron chi connectivity index (χ4n) is 1.46. The van der Waals surface area contributed by atoms with E-state index in [1.54, 1.807) is 0 Å². The monoisotopic (exact) mass is 175 g/mol. The van der Waals surface area contributed by atoms with E-state index in [4.69, 9.17) is 5.73 Å². The summed E-state index contributed by atoms with van der Waals surface area (Å²) in [6.07, 6.45) is 1.83. The third-order valence-corrected chi connectivity index (χ3v) is 2.15. The van der Waals surface area contributed by atoms with E-state index in [0.717, 1.165) is 11.3 Å². The third-order valence-electron chi connectivity index (χ3n) is 2.15. The van der Waals surface area contributed by atoms with Crippen molar-refractivity contribution in [3.05, 3.63) is 35.9 Å². The highest BCUT2D eigenvalue weighted by atomic mass is 14.6. The summed E-state index contributed by atoms with van der Waals surface area (Å²) in [5.74, 6) is 0. The summed E-state index contributed by atoms with van der Waals surface area (Å²) in [6, 6.07) is 6.00. The van der Waals surface area contributed by atoms with Gasteiger partial charge in [0.1, 0.15) is 0 Å². The molecule has 2 N–H and O–H groups in total. The van der Waals surface area contributed by atoms with E-state index in [9.17, 15) is 0 Å². The molecule has 0 aromatic heterocycles. The minimum absolute atomic E-state index is 0.124. The van der Waals surface area contributed by atoms with Gasteiger partial charge in [0, 0.05) is 11.3 Å². The van der Waals surface area contributed by atoms with E-state index < -0.39 is 0 Å². The van der Waals surface area contributed by atoms with Gasteiger partial charge in [0.25, 0.3) is 0 Å². The van der Waals surface area contributed by atoms with Crippen LogP contribution in [0.4, 0.5) is 5.69 Å². The van der Waals surface area contributed by atoms with Crippen LogP contribution in [-0.4, -0.2) is 0 Å². The summed E-state index contributed by atoms with van der Waals surface area (Å²) in [4.78, 5) is 0. The van der Waals surface area contributed by atoms with E-state index >= 15 is 0 Å². The number of nitrogen functional groups attached to an aromatic ring is 1. The van der Waals surface area contributed by atoms with Crippen LogP contribution in [0.25, 0.3) is 6.08 Å². The van der Waals surface area contributed by atoms with Gasteiger partial charge in [0.2, 0.25) is 0 Å².